The van der Waals surface area contributed by atoms with Gasteiger partial charge >= 0.3 is 0 Å². The fraction of sp³-hybridized carbons (Fsp3) is 0.115. The minimum absolute atomic E-state index is 0.0228. The van der Waals surface area contributed by atoms with E-state index in [0.717, 1.165) is 5.56 Å². The number of imide groups is 1. The van der Waals surface area contributed by atoms with Gasteiger partial charge in [0.25, 0.3) is 11.8 Å². The van der Waals surface area contributed by atoms with Gasteiger partial charge in [-0.05, 0) is 67.1 Å². The van der Waals surface area contributed by atoms with E-state index in [9.17, 15) is 14.4 Å². The molecule has 1 saturated heterocycles. The smallest absolute Gasteiger partial charge is 0.261 e. The van der Waals surface area contributed by atoms with Gasteiger partial charge < -0.3 is 10.1 Å². The zero-order valence-corrected chi connectivity index (χ0v) is 17.8. The van der Waals surface area contributed by atoms with E-state index in [1.165, 1.54) is 4.90 Å². The van der Waals surface area contributed by atoms with Gasteiger partial charge in [-0.2, -0.15) is 0 Å². The van der Waals surface area contributed by atoms with Gasteiger partial charge in [0.15, 0.2) is 0 Å². The molecule has 1 fully saturated rings. The maximum absolute atomic E-state index is 12.9. The molecule has 0 radical (unpaired) electrons. The first-order valence-electron chi connectivity index (χ1n) is 10.1. The Balaban J connectivity index is 1.52. The average molecular weight is 426 g/mol. The van der Waals surface area contributed by atoms with Crippen LogP contribution in [-0.4, -0.2) is 24.8 Å². The molecule has 0 atom stereocenters. The van der Waals surface area contributed by atoms with E-state index in [1.54, 1.807) is 73.8 Å². The fourth-order valence-electron chi connectivity index (χ4n) is 3.49. The van der Waals surface area contributed by atoms with E-state index in [1.807, 2.05) is 19.1 Å². The second kappa shape index (κ2) is 8.89. The maximum atomic E-state index is 12.9. The van der Waals surface area contributed by atoms with Crippen LogP contribution in [0.3, 0.4) is 0 Å². The molecule has 3 aromatic carbocycles. The zero-order valence-electron chi connectivity index (χ0n) is 17.8. The number of carbonyl (C=O) groups excluding carboxylic acids is 3. The molecule has 0 spiro atoms. The molecular formula is C26H22N2O4. The van der Waals surface area contributed by atoms with Crippen LogP contribution in [0.5, 0.6) is 5.75 Å². The topological polar surface area (TPSA) is 75.7 Å². The van der Waals surface area contributed by atoms with Crippen LogP contribution in [0.15, 0.2) is 78.4 Å². The first-order valence-corrected chi connectivity index (χ1v) is 10.1. The van der Waals surface area contributed by atoms with Gasteiger partial charge in [-0.15, -0.1) is 0 Å². The van der Waals surface area contributed by atoms with E-state index in [4.69, 9.17) is 4.74 Å². The first kappa shape index (κ1) is 21.1. The van der Waals surface area contributed by atoms with Crippen LogP contribution in [0.2, 0.25) is 0 Å². The number of hydrogen-bond donors (Lipinski definition) is 1. The predicted octanol–water partition coefficient (Wildman–Crippen LogP) is 4.60. The molecule has 0 saturated carbocycles. The third-order valence-corrected chi connectivity index (χ3v) is 5.20. The first-order chi connectivity index (χ1) is 15.4. The molecule has 0 aromatic heterocycles. The van der Waals surface area contributed by atoms with Crippen molar-refractivity contribution in [3.05, 3.63) is 95.1 Å². The highest BCUT2D eigenvalue weighted by Crippen LogP contribution is 2.28. The summed E-state index contributed by atoms with van der Waals surface area (Å²) in [6.45, 7) is 1.94. The summed E-state index contributed by atoms with van der Waals surface area (Å²) in [6.07, 6.45) is 1.69. The molecule has 1 N–H and O–H groups in total. The van der Waals surface area contributed by atoms with Crippen molar-refractivity contribution in [2.75, 3.05) is 17.3 Å². The Labute approximate surface area is 186 Å². The average Bonchev–Trinajstić information content (AvgIpc) is 3.08. The number of hydrogen-bond acceptors (Lipinski definition) is 4. The van der Waals surface area contributed by atoms with Crippen LogP contribution in [0.4, 0.5) is 11.4 Å². The lowest BCUT2D eigenvalue weighted by atomic mass is 10.1. The summed E-state index contributed by atoms with van der Waals surface area (Å²) in [6, 6.07) is 21.2. The summed E-state index contributed by atoms with van der Waals surface area (Å²) >= 11 is 0. The normalized spacial score (nSPS) is 14.7. The lowest BCUT2D eigenvalue weighted by Crippen LogP contribution is -2.28. The summed E-state index contributed by atoms with van der Waals surface area (Å²) in [5, 5.41) is 2.83. The van der Waals surface area contributed by atoms with Crippen molar-refractivity contribution in [2.45, 2.75) is 13.3 Å². The summed E-state index contributed by atoms with van der Waals surface area (Å²) in [5.41, 5.74) is 3.76. The molecule has 4 rings (SSSR count). The Bertz CT molecular complexity index is 1210. The third-order valence-electron chi connectivity index (χ3n) is 5.20. The van der Waals surface area contributed by atoms with Crippen LogP contribution in [0.25, 0.3) is 6.08 Å². The Morgan fingerprint density at radius 3 is 2.41 bits per heavy atom. The number of carbonyl (C=O) groups is 3. The van der Waals surface area contributed by atoms with E-state index in [0.29, 0.717) is 33.8 Å². The van der Waals surface area contributed by atoms with Crippen molar-refractivity contribution in [3.63, 3.8) is 0 Å². The van der Waals surface area contributed by atoms with Crippen molar-refractivity contribution in [3.8, 4) is 5.75 Å². The molecule has 160 valence electrons. The number of nitrogens with one attached hydrogen (secondary N) is 1. The second-order valence-electron chi connectivity index (χ2n) is 7.52. The Kier molecular flexibility index (Phi) is 5.85. The van der Waals surface area contributed by atoms with Gasteiger partial charge in [-0.1, -0.05) is 29.8 Å². The maximum Gasteiger partial charge on any atom is 0.261 e. The standard InChI is InChI=1S/C26H22N2O4/c1-17-6-10-22(11-7-17)28-24(29)16-20(26(28)31)15-18-4-3-5-19(14-18)25(30)27-21-8-12-23(32-2)13-9-21/h3-15H,16H2,1-2H3,(H,27,30)/b20-15+. The minimum atomic E-state index is -0.341. The molecule has 0 bridgehead atoms. The lowest BCUT2D eigenvalue weighted by molar-refractivity contribution is -0.120. The van der Waals surface area contributed by atoms with Gasteiger partial charge in [0.2, 0.25) is 5.91 Å². The second-order valence-corrected chi connectivity index (χ2v) is 7.52. The number of benzene rings is 3. The fourth-order valence-corrected chi connectivity index (χ4v) is 3.49. The van der Waals surface area contributed by atoms with Gasteiger partial charge in [-0.25, -0.2) is 4.90 Å². The summed E-state index contributed by atoms with van der Waals surface area (Å²) in [4.78, 5) is 39.2. The predicted molar refractivity (Wildman–Crippen MR) is 124 cm³/mol. The summed E-state index contributed by atoms with van der Waals surface area (Å²) < 4.78 is 5.12. The Morgan fingerprint density at radius 1 is 1.00 bits per heavy atom. The van der Waals surface area contributed by atoms with Crippen molar-refractivity contribution in [1.82, 2.24) is 0 Å². The van der Waals surface area contributed by atoms with Crippen molar-refractivity contribution in [2.24, 2.45) is 0 Å². The van der Waals surface area contributed by atoms with E-state index in [2.05, 4.69) is 5.32 Å². The van der Waals surface area contributed by atoms with Crippen molar-refractivity contribution >= 4 is 35.2 Å². The number of rotatable bonds is 5. The van der Waals surface area contributed by atoms with Crippen LogP contribution < -0.4 is 15.0 Å². The minimum Gasteiger partial charge on any atom is -0.497 e. The Morgan fingerprint density at radius 2 is 1.72 bits per heavy atom. The molecule has 1 aliphatic rings. The van der Waals surface area contributed by atoms with Crippen molar-refractivity contribution in [1.29, 1.82) is 0 Å². The number of ether oxygens (including phenoxy) is 1. The summed E-state index contributed by atoms with van der Waals surface area (Å²) in [7, 11) is 1.58. The highest BCUT2D eigenvalue weighted by atomic mass is 16.5. The summed E-state index contributed by atoms with van der Waals surface area (Å²) in [5.74, 6) is -0.178. The van der Waals surface area contributed by atoms with E-state index < -0.39 is 0 Å². The number of aryl methyl sites for hydroxylation is 1. The zero-order chi connectivity index (χ0) is 22.7. The molecule has 6 heteroatoms. The Hall–Kier alpha value is -4.19. The molecule has 0 unspecified atom stereocenters. The van der Waals surface area contributed by atoms with Gasteiger partial charge in [0.1, 0.15) is 5.75 Å². The molecule has 6 nitrogen and oxygen atoms in total. The molecule has 1 aliphatic heterocycles. The van der Waals surface area contributed by atoms with Crippen LogP contribution in [0.1, 0.15) is 27.9 Å². The van der Waals surface area contributed by atoms with E-state index in [-0.39, 0.29) is 24.1 Å². The van der Waals surface area contributed by atoms with Gasteiger partial charge in [0.05, 0.1) is 19.2 Å². The van der Waals surface area contributed by atoms with Crippen molar-refractivity contribution < 1.29 is 19.1 Å². The third kappa shape index (κ3) is 4.44. The van der Waals surface area contributed by atoms with E-state index >= 15 is 0 Å². The van der Waals surface area contributed by atoms with Gasteiger partial charge in [0, 0.05) is 16.8 Å². The SMILES string of the molecule is COc1ccc(NC(=O)c2cccc(/C=C3\CC(=O)N(c4ccc(C)cc4)C3=O)c2)cc1. The quantitative estimate of drug-likeness (QED) is 0.478. The highest BCUT2D eigenvalue weighted by molar-refractivity contribution is 6.29. The molecule has 1 heterocycles. The largest absolute Gasteiger partial charge is 0.497 e. The molecule has 32 heavy (non-hydrogen) atoms. The van der Waals surface area contributed by atoms with Crippen LogP contribution >= 0.6 is 0 Å². The molecule has 3 aromatic rings. The molecule has 3 amide bonds. The molecule has 0 aliphatic carbocycles. The monoisotopic (exact) mass is 426 g/mol. The number of amides is 3. The molecular weight excluding hydrogens is 404 g/mol. The number of nitrogens with zero attached hydrogens (tertiary/aromatic N) is 1. The number of anilines is 2. The van der Waals surface area contributed by atoms with Crippen LogP contribution in [-0.2, 0) is 9.59 Å². The lowest BCUT2D eigenvalue weighted by Gasteiger charge is -2.13. The highest BCUT2D eigenvalue weighted by Gasteiger charge is 2.34. The van der Waals surface area contributed by atoms with Gasteiger partial charge in [-0.3, -0.25) is 14.4 Å². The number of methoxy groups -OCH3 is 1. The van der Waals surface area contributed by atoms with Crippen LogP contribution in [0, 0.1) is 6.92 Å².